The van der Waals surface area contributed by atoms with E-state index in [1.807, 2.05) is 0 Å². The van der Waals surface area contributed by atoms with Gasteiger partial charge in [0.15, 0.2) is 11.5 Å². The number of para-hydroxylation sites is 2. The Morgan fingerprint density at radius 3 is 2.12 bits per heavy atom. The van der Waals surface area contributed by atoms with Gasteiger partial charge in [0.2, 0.25) is 6.10 Å². The van der Waals surface area contributed by atoms with Crippen LogP contribution in [0.1, 0.15) is 0 Å². The van der Waals surface area contributed by atoms with Crippen LogP contribution < -0.4 is 14.8 Å². The summed E-state index contributed by atoms with van der Waals surface area (Å²) in [6.07, 6.45) is -3.12. The lowest BCUT2D eigenvalue weighted by molar-refractivity contribution is -0.192. The minimum Gasteiger partial charge on any atom is -0.485 e. The maximum atomic E-state index is 14.4. The first-order valence-corrected chi connectivity index (χ1v) is 9.45. The SMILES string of the molecule is O=C(Nc1cc(F)c(-c2ccncc2)c(F)c1)C1COc2ccccc2O1.O=C(O)C(F)(F)F. The smallest absolute Gasteiger partial charge is 0.485 e. The van der Waals surface area contributed by atoms with Crippen LogP contribution in [0.5, 0.6) is 11.5 Å². The topological polar surface area (TPSA) is 97.8 Å². The Balaban J connectivity index is 0.000000406. The Morgan fingerprint density at radius 1 is 1.00 bits per heavy atom. The number of nitrogens with zero attached hydrogens (tertiary/aromatic N) is 1. The number of carboxylic acids is 1. The molecule has 0 radical (unpaired) electrons. The molecule has 0 fully saturated rings. The standard InChI is InChI=1S/C20H14F2N2O3.C2HF3O2/c21-14-9-13(10-15(22)19(14)12-5-7-23-8-6-12)24-20(25)18-11-26-16-3-1-2-4-17(16)27-18;3-2(4,5)1(6)7/h1-10,18H,11H2,(H,24,25);(H,6,7). The molecule has 1 aliphatic rings. The maximum Gasteiger partial charge on any atom is 0.490 e. The first-order chi connectivity index (χ1) is 16.1. The van der Waals surface area contributed by atoms with E-state index >= 15 is 0 Å². The molecule has 178 valence electrons. The fourth-order valence-corrected chi connectivity index (χ4v) is 2.81. The van der Waals surface area contributed by atoms with Crippen molar-refractivity contribution in [2.24, 2.45) is 0 Å². The minimum absolute atomic E-state index is 0.00289. The molecule has 1 aromatic heterocycles. The summed E-state index contributed by atoms with van der Waals surface area (Å²) in [6, 6.07) is 12.1. The Kier molecular flexibility index (Phi) is 7.29. The highest BCUT2D eigenvalue weighted by atomic mass is 19.4. The van der Waals surface area contributed by atoms with Crippen molar-refractivity contribution in [2.45, 2.75) is 12.3 Å². The van der Waals surface area contributed by atoms with Crippen molar-refractivity contribution < 1.29 is 46.1 Å². The van der Waals surface area contributed by atoms with Crippen LogP contribution in [0.3, 0.4) is 0 Å². The van der Waals surface area contributed by atoms with Gasteiger partial charge in [-0.3, -0.25) is 9.78 Å². The number of halogens is 5. The molecule has 4 rings (SSSR count). The third kappa shape index (κ3) is 5.97. The number of alkyl halides is 3. The molecular formula is C22H15F5N2O5. The van der Waals surface area contributed by atoms with Gasteiger partial charge in [0.1, 0.15) is 18.2 Å². The molecule has 2 N–H and O–H groups in total. The number of nitrogens with one attached hydrogen (secondary N) is 1. The Morgan fingerprint density at radius 2 is 1.56 bits per heavy atom. The number of carbonyl (C=O) groups is 2. The number of benzene rings is 2. The monoisotopic (exact) mass is 482 g/mol. The zero-order chi connectivity index (χ0) is 24.9. The Bertz CT molecular complexity index is 1160. The largest absolute Gasteiger partial charge is 0.490 e. The molecule has 2 aromatic carbocycles. The molecule has 1 unspecified atom stereocenters. The van der Waals surface area contributed by atoms with Crippen molar-refractivity contribution in [1.82, 2.24) is 4.98 Å². The van der Waals surface area contributed by atoms with Crippen LogP contribution in [0.25, 0.3) is 11.1 Å². The first-order valence-electron chi connectivity index (χ1n) is 9.45. The molecule has 12 heteroatoms. The highest BCUT2D eigenvalue weighted by Gasteiger charge is 2.38. The van der Waals surface area contributed by atoms with Crippen LogP contribution in [0.4, 0.5) is 27.6 Å². The predicted octanol–water partition coefficient (Wildman–Crippen LogP) is 4.44. The van der Waals surface area contributed by atoms with E-state index < -0.39 is 35.8 Å². The van der Waals surface area contributed by atoms with Crippen molar-refractivity contribution in [3.8, 4) is 22.6 Å². The van der Waals surface area contributed by atoms with Gasteiger partial charge in [-0.05, 0) is 42.0 Å². The van der Waals surface area contributed by atoms with Gasteiger partial charge in [0.05, 0.1) is 5.56 Å². The zero-order valence-electron chi connectivity index (χ0n) is 17.0. The number of ether oxygens (including phenoxy) is 2. The molecule has 0 spiro atoms. The second-order valence-corrected chi connectivity index (χ2v) is 6.71. The van der Waals surface area contributed by atoms with E-state index in [2.05, 4.69) is 10.3 Å². The number of carbonyl (C=O) groups excluding carboxylic acids is 1. The highest BCUT2D eigenvalue weighted by Crippen LogP contribution is 2.32. The molecule has 0 bridgehead atoms. The van der Waals surface area contributed by atoms with Crippen LogP contribution in [-0.4, -0.2) is 40.9 Å². The Labute approximate surface area is 188 Å². The third-order valence-corrected chi connectivity index (χ3v) is 4.32. The number of rotatable bonds is 3. The van der Waals surface area contributed by atoms with Crippen molar-refractivity contribution in [3.63, 3.8) is 0 Å². The number of pyridine rings is 1. The second-order valence-electron chi connectivity index (χ2n) is 6.71. The minimum atomic E-state index is -5.08. The number of aliphatic carboxylic acids is 1. The highest BCUT2D eigenvalue weighted by molar-refractivity contribution is 5.95. The van der Waals surface area contributed by atoms with Crippen LogP contribution in [-0.2, 0) is 9.59 Å². The summed E-state index contributed by atoms with van der Waals surface area (Å²) >= 11 is 0. The number of hydrogen-bond acceptors (Lipinski definition) is 5. The van der Waals surface area contributed by atoms with Gasteiger partial charge in [-0.25, -0.2) is 13.6 Å². The lowest BCUT2D eigenvalue weighted by Gasteiger charge is -2.25. The Hall–Kier alpha value is -4.22. The van der Waals surface area contributed by atoms with Crippen molar-refractivity contribution in [1.29, 1.82) is 0 Å². The van der Waals surface area contributed by atoms with Crippen LogP contribution in [0.2, 0.25) is 0 Å². The van der Waals surface area contributed by atoms with Gasteiger partial charge in [-0.1, -0.05) is 12.1 Å². The summed E-state index contributed by atoms with van der Waals surface area (Å²) in [5.41, 5.74) is 0.176. The molecule has 1 atom stereocenters. The number of amides is 1. The molecule has 0 saturated carbocycles. The summed E-state index contributed by atoms with van der Waals surface area (Å²) in [7, 11) is 0. The summed E-state index contributed by atoms with van der Waals surface area (Å²) in [6.45, 7) is 0.00289. The van der Waals surface area contributed by atoms with Gasteiger partial charge < -0.3 is 19.9 Å². The fraction of sp³-hybridized carbons (Fsp3) is 0.136. The van der Waals surface area contributed by atoms with Crippen molar-refractivity contribution in [3.05, 3.63) is 72.6 Å². The summed E-state index contributed by atoms with van der Waals surface area (Å²) in [4.78, 5) is 25.1. The van der Waals surface area contributed by atoms with Crippen molar-refractivity contribution >= 4 is 17.6 Å². The normalized spacial score (nSPS) is 14.4. The average Bonchev–Trinajstić information content (AvgIpc) is 2.79. The molecule has 1 aliphatic heterocycles. The third-order valence-electron chi connectivity index (χ3n) is 4.32. The predicted molar refractivity (Wildman–Crippen MR) is 108 cm³/mol. The van der Waals surface area contributed by atoms with Crippen LogP contribution in [0.15, 0.2) is 60.9 Å². The molecule has 0 aliphatic carbocycles. The van der Waals surface area contributed by atoms with E-state index in [4.69, 9.17) is 19.4 Å². The van der Waals surface area contributed by atoms with Gasteiger partial charge >= 0.3 is 12.1 Å². The van der Waals surface area contributed by atoms with Gasteiger partial charge in [-0.2, -0.15) is 13.2 Å². The molecule has 1 amide bonds. The average molecular weight is 482 g/mol. The molecule has 2 heterocycles. The zero-order valence-corrected chi connectivity index (χ0v) is 17.0. The van der Waals surface area contributed by atoms with E-state index in [-0.39, 0.29) is 17.9 Å². The number of anilines is 1. The summed E-state index contributed by atoms with van der Waals surface area (Å²) in [5.74, 6) is -3.91. The van der Waals surface area contributed by atoms with E-state index in [1.54, 1.807) is 24.3 Å². The number of hydrogen-bond donors (Lipinski definition) is 2. The molecule has 3 aromatic rings. The van der Waals surface area contributed by atoms with E-state index in [0.717, 1.165) is 12.1 Å². The fourth-order valence-electron chi connectivity index (χ4n) is 2.81. The molecule has 7 nitrogen and oxygen atoms in total. The number of carboxylic acid groups (broad SMARTS) is 1. The lowest BCUT2D eigenvalue weighted by atomic mass is 10.1. The maximum absolute atomic E-state index is 14.4. The molecule has 34 heavy (non-hydrogen) atoms. The van der Waals surface area contributed by atoms with E-state index in [1.165, 1.54) is 24.5 Å². The number of aromatic nitrogens is 1. The first kappa shape index (κ1) is 24.4. The van der Waals surface area contributed by atoms with E-state index in [0.29, 0.717) is 17.1 Å². The van der Waals surface area contributed by atoms with Gasteiger partial charge in [0, 0.05) is 18.1 Å². The quantitative estimate of drug-likeness (QED) is 0.536. The summed E-state index contributed by atoms with van der Waals surface area (Å²) in [5, 5.41) is 9.59. The van der Waals surface area contributed by atoms with Crippen molar-refractivity contribution in [2.75, 3.05) is 11.9 Å². The van der Waals surface area contributed by atoms with Crippen LogP contribution in [0, 0.1) is 11.6 Å². The lowest BCUT2D eigenvalue weighted by Crippen LogP contribution is -2.40. The second kappa shape index (κ2) is 10.1. The van der Waals surface area contributed by atoms with Gasteiger partial charge in [-0.15, -0.1) is 0 Å². The van der Waals surface area contributed by atoms with Gasteiger partial charge in [0.25, 0.3) is 5.91 Å². The van der Waals surface area contributed by atoms with E-state index in [9.17, 15) is 26.7 Å². The molecular weight excluding hydrogens is 467 g/mol. The number of fused-ring (bicyclic) bond motifs is 1. The molecule has 0 saturated heterocycles. The van der Waals surface area contributed by atoms with Crippen LogP contribution >= 0.6 is 0 Å². The summed E-state index contributed by atoms with van der Waals surface area (Å²) < 4.78 is 71.6.